The van der Waals surface area contributed by atoms with Gasteiger partial charge in [-0.15, -0.1) is 0 Å². The summed E-state index contributed by atoms with van der Waals surface area (Å²) in [5, 5.41) is 3.88. The largest absolute Gasteiger partial charge is 0.495 e. The van der Waals surface area contributed by atoms with Crippen LogP contribution < -0.4 is 15.8 Å². The molecule has 0 radical (unpaired) electrons. The summed E-state index contributed by atoms with van der Waals surface area (Å²) >= 11 is 5.98. The molecule has 0 spiro atoms. The second-order valence-corrected chi connectivity index (χ2v) is 4.50. The van der Waals surface area contributed by atoms with Gasteiger partial charge in [0.1, 0.15) is 5.75 Å². The van der Waals surface area contributed by atoms with Gasteiger partial charge in [0.15, 0.2) is 0 Å². The molecule has 0 atom stereocenters. The van der Waals surface area contributed by atoms with Gasteiger partial charge in [-0.2, -0.15) is 0 Å². The van der Waals surface area contributed by atoms with Crippen molar-refractivity contribution in [2.45, 2.75) is 6.92 Å². The smallest absolute Gasteiger partial charge is 0.142 e. The van der Waals surface area contributed by atoms with Gasteiger partial charge in [-0.25, -0.2) is 0 Å². The van der Waals surface area contributed by atoms with E-state index in [1.54, 1.807) is 13.2 Å². The number of rotatable bonds is 3. The van der Waals surface area contributed by atoms with Gasteiger partial charge in [0.25, 0.3) is 0 Å². The molecule has 3 nitrogen and oxygen atoms in total. The van der Waals surface area contributed by atoms with Crippen LogP contribution in [0.2, 0.25) is 5.02 Å². The maximum Gasteiger partial charge on any atom is 0.142 e. The van der Waals surface area contributed by atoms with Gasteiger partial charge in [-0.1, -0.05) is 17.7 Å². The fourth-order valence-corrected chi connectivity index (χ4v) is 1.87. The summed E-state index contributed by atoms with van der Waals surface area (Å²) in [5.74, 6) is 0.723. The van der Waals surface area contributed by atoms with E-state index in [2.05, 4.69) is 5.32 Å². The molecule has 0 aliphatic carbocycles. The Morgan fingerprint density at radius 1 is 1.11 bits per heavy atom. The van der Waals surface area contributed by atoms with Gasteiger partial charge in [0.05, 0.1) is 24.2 Å². The number of halogens is 1. The first-order valence-electron chi connectivity index (χ1n) is 5.57. The minimum Gasteiger partial charge on any atom is -0.495 e. The van der Waals surface area contributed by atoms with Crippen LogP contribution >= 0.6 is 11.6 Å². The lowest BCUT2D eigenvalue weighted by Crippen LogP contribution is -1.98. The lowest BCUT2D eigenvalue weighted by atomic mass is 10.2. The van der Waals surface area contributed by atoms with Gasteiger partial charge < -0.3 is 15.8 Å². The van der Waals surface area contributed by atoms with Crippen LogP contribution in [0.5, 0.6) is 5.75 Å². The molecule has 0 amide bonds. The summed E-state index contributed by atoms with van der Waals surface area (Å²) in [7, 11) is 1.62. The monoisotopic (exact) mass is 262 g/mol. The maximum absolute atomic E-state index is 5.98. The minimum absolute atomic E-state index is 0.643. The summed E-state index contributed by atoms with van der Waals surface area (Å²) in [6.45, 7) is 2.01. The van der Waals surface area contributed by atoms with E-state index in [1.165, 1.54) is 0 Å². The van der Waals surface area contributed by atoms with Gasteiger partial charge in [0, 0.05) is 5.02 Å². The van der Waals surface area contributed by atoms with E-state index < -0.39 is 0 Å². The van der Waals surface area contributed by atoms with Gasteiger partial charge in [-0.3, -0.25) is 0 Å². The Bertz CT molecular complexity index is 570. The number of benzene rings is 2. The fourth-order valence-electron chi connectivity index (χ4n) is 1.70. The van der Waals surface area contributed by atoms with Crippen LogP contribution in [0.1, 0.15) is 5.56 Å². The van der Waals surface area contributed by atoms with Crippen molar-refractivity contribution >= 4 is 28.7 Å². The second-order valence-electron chi connectivity index (χ2n) is 4.06. The third-order valence-electron chi connectivity index (χ3n) is 2.64. The highest BCUT2D eigenvalue weighted by molar-refractivity contribution is 6.31. The Balaban J connectivity index is 2.38. The number of ether oxygens (including phenoxy) is 1. The van der Waals surface area contributed by atoms with E-state index in [4.69, 9.17) is 22.1 Å². The van der Waals surface area contributed by atoms with Crippen LogP contribution in [-0.2, 0) is 0 Å². The fraction of sp³-hybridized carbons (Fsp3) is 0.143. The zero-order valence-corrected chi connectivity index (χ0v) is 11.1. The number of anilines is 3. The van der Waals surface area contributed by atoms with Crippen LogP contribution in [0.3, 0.4) is 0 Å². The average molecular weight is 263 g/mol. The van der Waals surface area contributed by atoms with Crippen molar-refractivity contribution in [3.8, 4) is 5.75 Å². The van der Waals surface area contributed by atoms with Gasteiger partial charge in [-0.05, 0) is 42.8 Å². The summed E-state index contributed by atoms with van der Waals surface area (Å²) in [4.78, 5) is 0. The van der Waals surface area contributed by atoms with Crippen molar-refractivity contribution in [2.75, 3.05) is 18.2 Å². The second kappa shape index (κ2) is 5.19. The lowest BCUT2D eigenvalue weighted by Gasteiger charge is -2.13. The number of hydrogen-bond acceptors (Lipinski definition) is 3. The molecule has 0 unspecified atom stereocenters. The average Bonchev–Trinajstić information content (AvgIpc) is 2.34. The third kappa shape index (κ3) is 2.68. The van der Waals surface area contributed by atoms with Crippen LogP contribution in [-0.4, -0.2) is 7.11 Å². The molecular formula is C14H15ClN2O. The molecule has 0 aromatic heterocycles. The SMILES string of the molecule is COc1ccc(Cl)cc1Nc1cc(C)ccc1N. The van der Waals surface area contributed by atoms with Crippen molar-refractivity contribution in [1.29, 1.82) is 0 Å². The van der Waals surface area contributed by atoms with Crippen molar-refractivity contribution in [3.63, 3.8) is 0 Å². The molecule has 0 fully saturated rings. The summed E-state index contributed by atoms with van der Waals surface area (Å²) in [6.07, 6.45) is 0. The Morgan fingerprint density at radius 3 is 2.61 bits per heavy atom. The first-order valence-corrected chi connectivity index (χ1v) is 5.94. The molecule has 0 bridgehead atoms. The Kier molecular flexibility index (Phi) is 3.63. The number of aryl methyl sites for hydroxylation is 1. The molecule has 2 aromatic carbocycles. The highest BCUT2D eigenvalue weighted by Gasteiger charge is 2.06. The van der Waals surface area contributed by atoms with Gasteiger partial charge in [0.2, 0.25) is 0 Å². The van der Waals surface area contributed by atoms with Crippen molar-refractivity contribution < 1.29 is 4.74 Å². The molecule has 4 heteroatoms. The number of nitrogen functional groups attached to an aromatic ring is 1. The Labute approximate surface area is 112 Å². The molecule has 3 N–H and O–H groups in total. The Hall–Kier alpha value is -1.87. The number of nitrogens with two attached hydrogens (primary N) is 1. The van der Waals surface area contributed by atoms with E-state index >= 15 is 0 Å². The standard InChI is InChI=1S/C14H15ClN2O/c1-9-3-5-11(16)12(7-9)17-13-8-10(15)4-6-14(13)18-2/h3-8,17H,16H2,1-2H3. The molecule has 0 aliphatic rings. The summed E-state index contributed by atoms with van der Waals surface area (Å²) in [5.41, 5.74) is 9.38. The summed E-state index contributed by atoms with van der Waals surface area (Å²) in [6, 6.07) is 11.2. The number of hydrogen-bond donors (Lipinski definition) is 2. The van der Waals surface area contributed by atoms with Crippen molar-refractivity contribution in [1.82, 2.24) is 0 Å². The maximum atomic E-state index is 5.98. The predicted octanol–water partition coefficient (Wildman–Crippen LogP) is 3.98. The molecule has 18 heavy (non-hydrogen) atoms. The van der Waals surface area contributed by atoms with Crippen molar-refractivity contribution in [3.05, 3.63) is 47.0 Å². The first kappa shape index (κ1) is 12.6. The zero-order chi connectivity index (χ0) is 13.1. The van der Waals surface area contributed by atoms with E-state index in [0.29, 0.717) is 10.7 Å². The Morgan fingerprint density at radius 2 is 1.89 bits per heavy atom. The molecule has 2 rings (SSSR count). The predicted molar refractivity (Wildman–Crippen MR) is 76.9 cm³/mol. The van der Waals surface area contributed by atoms with Crippen LogP contribution in [0.15, 0.2) is 36.4 Å². The zero-order valence-electron chi connectivity index (χ0n) is 10.3. The topological polar surface area (TPSA) is 47.3 Å². The number of methoxy groups -OCH3 is 1. The van der Waals surface area contributed by atoms with E-state index in [0.717, 1.165) is 22.7 Å². The quantitative estimate of drug-likeness (QED) is 0.823. The third-order valence-corrected chi connectivity index (χ3v) is 2.87. The lowest BCUT2D eigenvalue weighted by molar-refractivity contribution is 0.417. The van der Waals surface area contributed by atoms with Crippen LogP contribution in [0, 0.1) is 6.92 Å². The molecule has 0 aliphatic heterocycles. The summed E-state index contributed by atoms with van der Waals surface area (Å²) < 4.78 is 5.28. The van der Waals surface area contributed by atoms with E-state index in [9.17, 15) is 0 Å². The molecule has 2 aromatic rings. The molecule has 94 valence electrons. The van der Waals surface area contributed by atoms with Gasteiger partial charge >= 0.3 is 0 Å². The van der Waals surface area contributed by atoms with E-state index in [1.807, 2.05) is 37.3 Å². The highest BCUT2D eigenvalue weighted by Crippen LogP contribution is 2.32. The molecular weight excluding hydrogens is 248 g/mol. The normalized spacial score (nSPS) is 10.2. The molecule has 0 heterocycles. The molecule has 0 saturated carbocycles. The first-order chi connectivity index (χ1) is 8.60. The minimum atomic E-state index is 0.643. The van der Waals surface area contributed by atoms with Crippen LogP contribution in [0.25, 0.3) is 0 Å². The van der Waals surface area contributed by atoms with Crippen molar-refractivity contribution in [2.24, 2.45) is 0 Å². The van der Waals surface area contributed by atoms with E-state index in [-0.39, 0.29) is 0 Å². The molecule has 0 saturated heterocycles. The van der Waals surface area contributed by atoms with Crippen LogP contribution in [0.4, 0.5) is 17.1 Å². The highest BCUT2D eigenvalue weighted by atomic mass is 35.5. The number of nitrogens with one attached hydrogen (secondary N) is 1.